The molecule has 4 heteroatoms. The molecule has 1 atom stereocenters. The molecule has 1 aliphatic carbocycles. The van der Waals surface area contributed by atoms with Crippen molar-refractivity contribution in [2.45, 2.75) is 25.4 Å². The summed E-state index contributed by atoms with van der Waals surface area (Å²) in [7, 11) is 0. The van der Waals surface area contributed by atoms with Gasteiger partial charge in [0.2, 0.25) is 0 Å². The Morgan fingerprint density at radius 3 is 2.88 bits per heavy atom. The molecule has 0 aliphatic heterocycles. The van der Waals surface area contributed by atoms with E-state index in [1.807, 2.05) is 0 Å². The zero-order chi connectivity index (χ0) is 11.5. The van der Waals surface area contributed by atoms with E-state index in [1.165, 1.54) is 12.1 Å². The van der Waals surface area contributed by atoms with Crippen LogP contribution in [0.2, 0.25) is 0 Å². The Hall–Kier alpha value is -1.42. The molecule has 1 aliphatic rings. The van der Waals surface area contributed by atoms with E-state index in [2.05, 4.69) is 5.32 Å². The van der Waals surface area contributed by atoms with Crippen LogP contribution in [-0.4, -0.2) is 17.1 Å². The summed E-state index contributed by atoms with van der Waals surface area (Å²) >= 11 is 0. The highest BCUT2D eigenvalue weighted by Crippen LogP contribution is 2.32. The molecule has 0 amide bonds. The number of hydrogen-bond donors (Lipinski definition) is 2. The van der Waals surface area contributed by atoms with Crippen LogP contribution in [0.4, 0.5) is 4.39 Å². The Morgan fingerprint density at radius 2 is 2.31 bits per heavy atom. The van der Waals surface area contributed by atoms with Crippen molar-refractivity contribution in [1.29, 1.82) is 0 Å². The highest BCUT2D eigenvalue weighted by atomic mass is 19.1. The molecule has 1 aromatic rings. The predicted molar refractivity (Wildman–Crippen MR) is 57.4 cm³/mol. The van der Waals surface area contributed by atoms with Crippen molar-refractivity contribution >= 4 is 5.97 Å². The minimum Gasteiger partial charge on any atom is -0.480 e. The predicted octanol–water partition coefficient (Wildman–Crippen LogP) is 1.78. The number of benzene rings is 1. The van der Waals surface area contributed by atoms with Crippen LogP contribution in [-0.2, 0) is 11.3 Å². The second kappa shape index (κ2) is 4.61. The molecule has 0 radical (unpaired) electrons. The quantitative estimate of drug-likeness (QED) is 0.800. The lowest BCUT2D eigenvalue weighted by Gasteiger charge is -2.13. The van der Waals surface area contributed by atoms with E-state index in [0.717, 1.165) is 18.4 Å². The molecular formula is C12H14FNO2. The summed E-state index contributed by atoms with van der Waals surface area (Å²) in [6, 6.07) is 5.70. The molecule has 2 rings (SSSR count). The van der Waals surface area contributed by atoms with E-state index in [4.69, 9.17) is 5.11 Å². The third-order valence-electron chi connectivity index (χ3n) is 2.77. The average Bonchev–Trinajstić information content (AvgIpc) is 3.02. The van der Waals surface area contributed by atoms with Crippen LogP contribution in [0, 0.1) is 11.7 Å². The van der Waals surface area contributed by atoms with Crippen LogP contribution in [0.1, 0.15) is 18.4 Å². The van der Waals surface area contributed by atoms with Crippen molar-refractivity contribution < 1.29 is 14.3 Å². The maximum Gasteiger partial charge on any atom is 0.320 e. The van der Waals surface area contributed by atoms with Gasteiger partial charge in [0, 0.05) is 6.54 Å². The normalized spacial score (nSPS) is 17.1. The van der Waals surface area contributed by atoms with Crippen LogP contribution in [0.5, 0.6) is 0 Å². The van der Waals surface area contributed by atoms with Gasteiger partial charge in [-0.15, -0.1) is 0 Å². The Balaban J connectivity index is 1.92. The maximum atomic E-state index is 12.9. The van der Waals surface area contributed by atoms with Gasteiger partial charge < -0.3 is 10.4 Å². The second-order valence-corrected chi connectivity index (χ2v) is 4.16. The third-order valence-corrected chi connectivity index (χ3v) is 2.77. The van der Waals surface area contributed by atoms with Gasteiger partial charge in [-0.3, -0.25) is 4.79 Å². The lowest BCUT2D eigenvalue weighted by atomic mass is 10.1. The smallest absolute Gasteiger partial charge is 0.320 e. The number of halogens is 1. The maximum absolute atomic E-state index is 12.9. The summed E-state index contributed by atoms with van der Waals surface area (Å²) in [6.45, 7) is 0.394. The number of hydrogen-bond acceptors (Lipinski definition) is 2. The highest BCUT2D eigenvalue weighted by molar-refractivity contribution is 5.74. The van der Waals surface area contributed by atoms with E-state index < -0.39 is 12.0 Å². The molecule has 16 heavy (non-hydrogen) atoms. The Morgan fingerprint density at radius 1 is 1.56 bits per heavy atom. The molecular weight excluding hydrogens is 209 g/mol. The van der Waals surface area contributed by atoms with Gasteiger partial charge in [-0.2, -0.15) is 0 Å². The number of rotatable bonds is 5. The van der Waals surface area contributed by atoms with Crippen molar-refractivity contribution in [3.63, 3.8) is 0 Å². The van der Waals surface area contributed by atoms with Gasteiger partial charge in [0.1, 0.15) is 11.9 Å². The van der Waals surface area contributed by atoms with Crippen LogP contribution in [0.3, 0.4) is 0 Å². The third kappa shape index (κ3) is 2.79. The first-order valence-corrected chi connectivity index (χ1v) is 5.37. The first kappa shape index (κ1) is 11.1. The van der Waals surface area contributed by atoms with Crippen LogP contribution < -0.4 is 5.32 Å². The van der Waals surface area contributed by atoms with E-state index >= 15 is 0 Å². The van der Waals surface area contributed by atoms with Crippen molar-refractivity contribution in [3.05, 3.63) is 35.6 Å². The second-order valence-electron chi connectivity index (χ2n) is 4.16. The summed E-state index contributed by atoms with van der Waals surface area (Å²) in [5.74, 6) is -0.873. The number of carboxylic acids is 1. The minimum absolute atomic E-state index is 0.242. The van der Waals surface area contributed by atoms with Crippen LogP contribution >= 0.6 is 0 Å². The van der Waals surface area contributed by atoms with Crippen LogP contribution in [0.25, 0.3) is 0 Å². The number of carboxylic acid groups (broad SMARTS) is 1. The number of aliphatic carboxylic acids is 1. The molecule has 0 saturated heterocycles. The molecule has 2 N–H and O–H groups in total. The Labute approximate surface area is 93.3 Å². The molecule has 1 aromatic carbocycles. The summed E-state index contributed by atoms with van der Waals surface area (Å²) in [5.41, 5.74) is 0.770. The van der Waals surface area contributed by atoms with Gasteiger partial charge in [-0.05, 0) is 36.5 Å². The fraction of sp³-hybridized carbons (Fsp3) is 0.417. The summed E-state index contributed by atoms with van der Waals surface area (Å²) < 4.78 is 12.9. The molecule has 3 nitrogen and oxygen atoms in total. The fourth-order valence-corrected chi connectivity index (χ4v) is 1.76. The first-order valence-electron chi connectivity index (χ1n) is 5.37. The van der Waals surface area contributed by atoms with Gasteiger partial charge in [-0.25, -0.2) is 4.39 Å². The van der Waals surface area contributed by atoms with E-state index in [0.29, 0.717) is 6.54 Å². The standard InChI is InChI=1S/C12H14FNO2/c13-10-3-1-2-8(6-10)7-14-11(12(15)16)9-4-5-9/h1-3,6,9,11,14H,4-5,7H2,(H,15,16). The number of carbonyl (C=O) groups is 1. The monoisotopic (exact) mass is 223 g/mol. The molecule has 86 valence electrons. The summed E-state index contributed by atoms with van der Waals surface area (Å²) in [4.78, 5) is 10.9. The van der Waals surface area contributed by atoms with Crippen molar-refractivity contribution in [3.8, 4) is 0 Å². The average molecular weight is 223 g/mol. The van der Waals surface area contributed by atoms with E-state index in [-0.39, 0.29) is 11.7 Å². The molecule has 1 fully saturated rings. The molecule has 1 unspecified atom stereocenters. The van der Waals surface area contributed by atoms with Crippen LogP contribution in [0.15, 0.2) is 24.3 Å². The van der Waals surface area contributed by atoms with E-state index in [9.17, 15) is 9.18 Å². The Bertz CT molecular complexity index is 390. The van der Waals surface area contributed by atoms with Gasteiger partial charge >= 0.3 is 5.97 Å². The van der Waals surface area contributed by atoms with Gasteiger partial charge in [-0.1, -0.05) is 12.1 Å². The summed E-state index contributed by atoms with van der Waals surface area (Å²) in [5, 5.41) is 11.9. The van der Waals surface area contributed by atoms with E-state index in [1.54, 1.807) is 12.1 Å². The minimum atomic E-state index is -0.820. The summed E-state index contributed by atoms with van der Waals surface area (Å²) in [6.07, 6.45) is 1.93. The molecule has 0 spiro atoms. The van der Waals surface area contributed by atoms with Crippen molar-refractivity contribution in [2.24, 2.45) is 5.92 Å². The lowest BCUT2D eigenvalue weighted by Crippen LogP contribution is -2.38. The van der Waals surface area contributed by atoms with Gasteiger partial charge in [0.25, 0.3) is 0 Å². The molecule has 1 saturated carbocycles. The SMILES string of the molecule is O=C(O)C(NCc1cccc(F)c1)C1CC1. The van der Waals surface area contributed by atoms with Crippen molar-refractivity contribution in [1.82, 2.24) is 5.32 Å². The largest absolute Gasteiger partial charge is 0.480 e. The molecule has 0 heterocycles. The van der Waals surface area contributed by atoms with Gasteiger partial charge in [0.05, 0.1) is 0 Å². The fourth-order valence-electron chi connectivity index (χ4n) is 1.76. The molecule has 0 aromatic heterocycles. The van der Waals surface area contributed by atoms with Gasteiger partial charge in [0.15, 0.2) is 0 Å². The number of nitrogens with one attached hydrogen (secondary N) is 1. The lowest BCUT2D eigenvalue weighted by molar-refractivity contribution is -0.140. The Kier molecular flexibility index (Phi) is 3.19. The zero-order valence-electron chi connectivity index (χ0n) is 8.82. The topological polar surface area (TPSA) is 49.3 Å². The highest BCUT2D eigenvalue weighted by Gasteiger charge is 2.35. The zero-order valence-corrected chi connectivity index (χ0v) is 8.82. The first-order chi connectivity index (χ1) is 7.66. The van der Waals surface area contributed by atoms with Crippen molar-refractivity contribution in [2.75, 3.05) is 0 Å². The molecule has 0 bridgehead atoms.